The number of nitrogens with one attached hydrogen (secondary N) is 3. The van der Waals surface area contributed by atoms with Gasteiger partial charge in [-0.05, 0) is 44.2 Å². The summed E-state index contributed by atoms with van der Waals surface area (Å²) < 4.78 is 10.7. The highest BCUT2D eigenvalue weighted by Gasteiger charge is 2.31. The van der Waals surface area contributed by atoms with E-state index in [9.17, 15) is 24.3 Å². The van der Waals surface area contributed by atoms with E-state index in [4.69, 9.17) is 9.47 Å². The number of hydrogen-bond donors (Lipinski definition) is 4. The van der Waals surface area contributed by atoms with Crippen molar-refractivity contribution in [1.29, 1.82) is 0 Å². The maximum atomic E-state index is 13.1. The van der Waals surface area contributed by atoms with Gasteiger partial charge in [0.15, 0.2) is 0 Å². The predicted octanol–water partition coefficient (Wildman–Crippen LogP) is 2.80. The molecule has 0 spiro atoms. The van der Waals surface area contributed by atoms with Gasteiger partial charge in [-0.2, -0.15) is 0 Å². The molecular weight excluding hydrogens is 526 g/mol. The third-order valence-corrected chi connectivity index (χ3v) is 6.50. The van der Waals surface area contributed by atoms with Crippen molar-refractivity contribution in [2.75, 3.05) is 13.2 Å². The number of hydrogen-bond acceptors (Lipinski definition) is 7. The fraction of sp³-hybridized carbons (Fsp3) is 0.419. The van der Waals surface area contributed by atoms with E-state index in [0.717, 1.165) is 11.1 Å². The first kappa shape index (κ1) is 31.3. The molecule has 4 N–H and O–H groups in total. The lowest BCUT2D eigenvalue weighted by Crippen LogP contribution is -2.51. The summed E-state index contributed by atoms with van der Waals surface area (Å²) in [6.07, 6.45) is 3.33. The monoisotopic (exact) mass is 565 g/mol. The van der Waals surface area contributed by atoms with Crippen molar-refractivity contribution in [3.8, 4) is 0 Å². The Morgan fingerprint density at radius 1 is 1.02 bits per heavy atom. The molecule has 3 rings (SSSR count). The van der Waals surface area contributed by atoms with Crippen molar-refractivity contribution >= 4 is 23.9 Å². The van der Waals surface area contributed by atoms with Crippen LogP contribution in [0.3, 0.4) is 0 Å². The average Bonchev–Trinajstić information content (AvgIpc) is 2.95. The maximum absolute atomic E-state index is 13.1. The molecular formula is C31H39N3O7. The lowest BCUT2D eigenvalue weighted by atomic mass is 9.96. The van der Waals surface area contributed by atoms with E-state index >= 15 is 0 Å². The molecule has 1 aliphatic rings. The first-order valence-electron chi connectivity index (χ1n) is 13.7. The van der Waals surface area contributed by atoms with E-state index in [2.05, 4.69) is 16.0 Å². The van der Waals surface area contributed by atoms with Gasteiger partial charge in [-0.15, -0.1) is 0 Å². The Bertz CT molecular complexity index is 1180. The molecule has 2 aromatic carbocycles. The SMILES string of the molecule is CC1(C)COC(=O)C(NC(=O)OCc2ccccc2)CC=CCC(CC(=O)NC(CO)Cc2ccccc2)C(=O)N1. The number of esters is 1. The van der Waals surface area contributed by atoms with Crippen LogP contribution in [0.2, 0.25) is 0 Å². The Labute approximate surface area is 240 Å². The van der Waals surface area contributed by atoms with Gasteiger partial charge >= 0.3 is 12.1 Å². The van der Waals surface area contributed by atoms with Crippen LogP contribution >= 0.6 is 0 Å². The van der Waals surface area contributed by atoms with Crippen molar-refractivity contribution < 1.29 is 33.8 Å². The van der Waals surface area contributed by atoms with Crippen LogP contribution in [0.25, 0.3) is 0 Å². The van der Waals surface area contributed by atoms with E-state index in [1.807, 2.05) is 60.7 Å². The highest BCUT2D eigenvalue weighted by molar-refractivity contribution is 5.86. The summed E-state index contributed by atoms with van der Waals surface area (Å²) in [5.74, 6) is -2.06. The van der Waals surface area contributed by atoms with Gasteiger partial charge in [0.2, 0.25) is 11.8 Å². The van der Waals surface area contributed by atoms with Crippen LogP contribution in [0.15, 0.2) is 72.8 Å². The minimum absolute atomic E-state index is 0.0512. The number of allylic oxidation sites excluding steroid dienone is 1. The van der Waals surface area contributed by atoms with Crippen molar-refractivity contribution in [1.82, 2.24) is 16.0 Å². The topological polar surface area (TPSA) is 143 Å². The van der Waals surface area contributed by atoms with Gasteiger partial charge in [0.1, 0.15) is 19.3 Å². The molecule has 0 aromatic heterocycles. The van der Waals surface area contributed by atoms with Crippen molar-refractivity contribution in [2.24, 2.45) is 5.92 Å². The van der Waals surface area contributed by atoms with Crippen LogP contribution in [0.5, 0.6) is 0 Å². The van der Waals surface area contributed by atoms with E-state index in [1.165, 1.54) is 0 Å². The zero-order valence-corrected chi connectivity index (χ0v) is 23.5. The minimum atomic E-state index is -0.995. The molecule has 0 bridgehead atoms. The zero-order chi connectivity index (χ0) is 29.7. The molecule has 0 aliphatic carbocycles. The summed E-state index contributed by atoms with van der Waals surface area (Å²) in [4.78, 5) is 51.2. The second-order valence-corrected chi connectivity index (χ2v) is 10.7. The van der Waals surface area contributed by atoms with Crippen LogP contribution < -0.4 is 16.0 Å². The minimum Gasteiger partial charge on any atom is -0.462 e. The molecule has 0 saturated heterocycles. The number of aliphatic hydroxyl groups excluding tert-OH is 1. The molecule has 10 nitrogen and oxygen atoms in total. The van der Waals surface area contributed by atoms with Gasteiger partial charge in [0, 0.05) is 6.42 Å². The van der Waals surface area contributed by atoms with Crippen molar-refractivity contribution in [3.63, 3.8) is 0 Å². The summed E-state index contributed by atoms with van der Waals surface area (Å²) >= 11 is 0. The standard InChI is InChI=1S/C31H39N3O7/c1-31(2)21-41-29(38)26(33-30(39)40-20-23-13-7-4-8-14-23)16-10-9-15-24(28(37)34-31)18-27(36)32-25(19-35)17-22-11-5-3-6-12-22/h3-14,24-26,35H,15-21H2,1-2H3,(H,32,36)(H,33,39)(H,34,37). The fourth-order valence-electron chi connectivity index (χ4n) is 4.29. The van der Waals surface area contributed by atoms with Crippen LogP contribution in [0.4, 0.5) is 4.79 Å². The van der Waals surface area contributed by atoms with Crippen LogP contribution in [-0.4, -0.2) is 59.8 Å². The molecule has 3 unspecified atom stereocenters. The lowest BCUT2D eigenvalue weighted by Gasteiger charge is -2.29. The molecule has 0 radical (unpaired) electrons. The summed E-state index contributed by atoms with van der Waals surface area (Å²) in [7, 11) is 0. The zero-order valence-electron chi connectivity index (χ0n) is 23.5. The van der Waals surface area contributed by atoms with E-state index < -0.39 is 35.6 Å². The van der Waals surface area contributed by atoms with Gasteiger partial charge in [-0.25, -0.2) is 9.59 Å². The molecule has 1 heterocycles. The lowest BCUT2D eigenvalue weighted by molar-refractivity contribution is -0.149. The van der Waals surface area contributed by atoms with Gasteiger partial charge in [0.05, 0.1) is 24.1 Å². The second kappa shape index (κ2) is 15.6. The number of cyclic esters (lactones) is 1. The Balaban J connectivity index is 1.62. The third kappa shape index (κ3) is 11.1. The smallest absolute Gasteiger partial charge is 0.408 e. The molecule has 10 heteroatoms. The number of aliphatic hydroxyl groups is 1. The Morgan fingerprint density at radius 2 is 1.66 bits per heavy atom. The first-order chi connectivity index (χ1) is 19.6. The van der Waals surface area contributed by atoms with Gasteiger partial charge in [-0.3, -0.25) is 9.59 Å². The molecule has 0 fully saturated rings. The number of carbonyl (C=O) groups excluding carboxylic acids is 4. The fourth-order valence-corrected chi connectivity index (χ4v) is 4.29. The average molecular weight is 566 g/mol. The summed E-state index contributed by atoms with van der Waals surface area (Å²) in [5, 5.41) is 18.0. The number of benzene rings is 2. The van der Waals surface area contributed by atoms with Crippen molar-refractivity contribution in [3.05, 3.63) is 83.9 Å². The highest BCUT2D eigenvalue weighted by Crippen LogP contribution is 2.16. The number of carbonyl (C=O) groups is 4. The third-order valence-electron chi connectivity index (χ3n) is 6.50. The largest absolute Gasteiger partial charge is 0.462 e. The molecule has 3 atom stereocenters. The normalized spacial score (nSPS) is 19.9. The highest BCUT2D eigenvalue weighted by atomic mass is 16.6. The van der Waals surface area contributed by atoms with Crippen LogP contribution in [-0.2, 0) is 36.9 Å². The molecule has 41 heavy (non-hydrogen) atoms. The summed E-state index contributed by atoms with van der Waals surface area (Å²) in [6, 6.07) is 17.2. The quantitative estimate of drug-likeness (QED) is 0.270. The van der Waals surface area contributed by atoms with Crippen LogP contribution in [0.1, 0.15) is 44.2 Å². The molecule has 0 saturated carbocycles. The number of amides is 3. The van der Waals surface area contributed by atoms with Crippen LogP contribution in [0, 0.1) is 5.92 Å². The van der Waals surface area contributed by atoms with E-state index in [1.54, 1.807) is 26.0 Å². The molecule has 220 valence electrons. The maximum Gasteiger partial charge on any atom is 0.408 e. The first-order valence-corrected chi connectivity index (χ1v) is 13.7. The molecule has 1 aliphatic heterocycles. The van der Waals surface area contributed by atoms with Gasteiger partial charge < -0.3 is 30.5 Å². The summed E-state index contributed by atoms with van der Waals surface area (Å²) in [5.41, 5.74) is 0.854. The second-order valence-electron chi connectivity index (χ2n) is 10.7. The van der Waals surface area contributed by atoms with Crippen molar-refractivity contribution in [2.45, 2.75) is 63.8 Å². The number of alkyl carbamates (subject to hydrolysis) is 1. The van der Waals surface area contributed by atoms with Gasteiger partial charge in [-0.1, -0.05) is 72.8 Å². The molecule has 3 amide bonds. The van der Waals surface area contributed by atoms with E-state index in [-0.39, 0.29) is 50.9 Å². The Morgan fingerprint density at radius 3 is 2.32 bits per heavy atom. The predicted molar refractivity (Wildman–Crippen MR) is 152 cm³/mol. The Kier molecular flexibility index (Phi) is 11.9. The summed E-state index contributed by atoms with van der Waals surface area (Å²) in [6.45, 7) is 3.08. The molecule has 2 aromatic rings. The number of rotatable bonds is 9. The number of ether oxygens (including phenoxy) is 2. The van der Waals surface area contributed by atoms with E-state index in [0.29, 0.717) is 6.42 Å². The van der Waals surface area contributed by atoms with Gasteiger partial charge in [0.25, 0.3) is 0 Å². The Hall–Kier alpha value is -4.18.